The van der Waals surface area contributed by atoms with Crippen molar-refractivity contribution in [2.75, 3.05) is 5.75 Å². The Morgan fingerprint density at radius 2 is 2.31 bits per heavy atom. The molecule has 1 aromatic carbocycles. The summed E-state index contributed by atoms with van der Waals surface area (Å²) in [5.41, 5.74) is 2.10. The fourth-order valence-electron chi connectivity index (χ4n) is 1.52. The molecule has 1 aromatic rings. The van der Waals surface area contributed by atoms with Gasteiger partial charge in [0.25, 0.3) is 0 Å². The van der Waals surface area contributed by atoms with Crippen LogP contribution >= 0.6 is 11.8 Å². The third-order valence-electron chi connectivity index (χ3n) is 2.42. The van der Waals surface area contributed by atoms with Crippen LogP contribution in [0.25, 0.3) is 0 Å². The van der Waals surface area contributed by atoms with Crippen LogP contribution in [0.3, 0.4) is 0 Å². The summed E-state index contributed by atoms with van der Waals surface area (Å²) in [6.07, 6.45) is 0.890. The highest BCUT2D eigenvalue weighted by atomic mass is 32.2. The van der Waals surface area contributed by atoms with E-state index in [-0.39, 0.29) is 11.0 Å². The third-order valence-corrected chi connectivity index (χ3v) is 3.17. The molecule has 1 aliphatic heterocycles. The predicted molar refractivity (Wildman–Crippen MR) is 65.4 cm³/mol. The Balaban J connectivity index is 2.27. The second-order valence-electron chi connectivity index (χ2n) is 3.50. The van der Waals surface area contributed by atoms with Gasteiger partial charge in [-0.2, -0.15) is 0 Å². The van der Waals surface area contributed by atoms with Crippen LogP contribution in [0, 0.1) is 0 Å². The number of Topliss-reactive ketones (excluding diaryl/α,β-unsaturated/α-hetero) is 1. The average molecular weight is 233 g/mol. The fraction of sp³-hybridized carbons (Fsp3) is 0.250. The van der Waals surface area contributed by atoms with Gasteiger partial charge in [-0.25, -0.2) is 4.99 Å². The Bertz CT molecular complexity index is 480. The van der Waals surface area contributed by atoms with E-state index in [0.717, 1.165) is 23.7 Å². The van der Waals surface area contributed by atoms with Crippen LogP contribution in [0.4, 0.5) is 4.79 Å². The molecule has 82 valence electrons. The fourth-order valence-corrected chi connectivity index (χ4v) is 2.15. The Hall–Kier alpha value is -1.42. The number of carbonyl (C=O) groups is 2. The summed E-state index contributed by atoms with van der Waals surface area (Å²) in [6.45, 7) is 2.04. The summed E-state index contributed by atoms with van der Waals surface area (Å²) in [7, 11) is 0. The average Bonchev–Trinajstić information content (AvgIpc) is 2.75. The third kappa shape index (κ3) is 2.22. The maximum Gasteiger partial charge on any atom is 0.305 e. The van der Waals surface area contributed by atoms with Gasteiger partial charge in [0, 0.05) is 11.3 Å². The van der Waals surface area contributed by atoms with Gasteiger partial charge < -0.3 is 0 Å². The van der Waals surface area contributed by atoms with Crippen LogP contribution < -0.4 is 0 Å². The summed E-state index contributed by atoms with van der Waals surface area (Å²) in [4.78, 5) is 26.6. The van der Waals surface area contributed by atoms with Crippen molar-refractivity contribution in [1.82, 2.24) is 0 Å². The summed E-state index contributed by atoms with van der Waals surface area (Å²) >= 11 is 1.07. The Kier molecular flexibility index (Phi) is 3.19. The lowest BCUT2D eigenvalue weighted by Gasteiger charge is -2.01. The van der Waals surface area contributed by atoms with Crippen molar-refractivity contribution in [3.63, 3.8) is 0 Å². The molecule has 0 unspecified atom stereocenters. The lowest BCUT2D eigenvalue weighted by Crippen LogP contribution is -2.14. The van der Waals surface area contributed by atoms with Gasteiger partial charge in [-0.15, -0.1) is 0 Å². The number of hydrogen-bond acceptors (Lipinski definition) is 3. The molecule has 0 saturated carbocycles. The molecule has 1 aliphatic rings. The first-order valence-electron chi connectivity index (χ1n) is 5.08. The minimum Gasteiger partial charge on any atom is -0.287 e. The van der Waals surface area contributed by atoms with Gasteiger partial charge in [0.2, 0.25) is 5.78 Å². The van der Waals surface area contributed by atoms with Crippen LogP contribution in [0.1, 0.15) is 22.8 Å². The number of carbonyl (C=O) groups excluding carboxylic acids is 2. The minimum atomic E-state index is -0.269. The molecular weight excluding hydrogens is 222 g/mol. The normalized spacial score (nSPS) is 15.1. The van der Waals surface area contributed by atoms with Crippen molar-refractivity contribution in [2.45, 2.75) is 13.3 Å². The number of aryl methyl sites for hydroxylation is 1. The molecular formula is C12H11NO2S. The second kappa shape index (κ2) is 4.61. The molecule has 0 spiro atoms. The Morgan fingerprint density at radius 3 is 2.94 bits per heavy atom. The van der Waals surface area contributed by atoms with Gasteiger partial charge in [0.15, 0.2) is 0 Å². The lowest BCUT2D eigenvalue weighted by atomic mass is 10.0. The van der Waals surface area contributed by atoms with Crippen LogP contribution in [0.2, 0.25) is 0 Å². The van der Waals surface area contributed by atoms with Crippen LogP contribution in [0.5, 0.6) is 0 Å². The minimum absolute atomic E-state index is 0.131. The Morgan fingerprint density at radius 1 is 1.50 bits per heavy atom. The second-order valence-corrected chi connectivity index (χ2v) is 4.42. The molecule has 0 radical (unpaired) electrons. The highest BCUT2D eigenvalue weighted by molar-refractivity contribution is 8.14. The van der Waals surface area contributed by atoms with Gasteiger partial charge in [0.1, 0.15) is 5.71 Å². The molecule has 0 bridgehead atoms. The maximum absolute atomic E-state index is 12.0. The molecule has 0 atom stereocenters. The predicted octanol–water partition coefficient (Wildman–Crippen LogP) is 2.74. The zero-order chi connectivity index (χ0) is 11.5. The van der Waals surface area contributed by atoms with Crippen molar-refractivity contribution in [1.29, 1.82) is 0 Å². The van der Waals surface area contributed by atoms with Crippen molar-refractivity contribution in [2.24, 2.45) is 4.99 Å². The SMILES string of the molecule is CCc1cccc(C(=O)C2=NC(=O)SC2)c1. The van der Waals surface area contributed by atoms with Crippen molar-refractivity contribution >= 4 is 28.5 Å². The molecule has 0 N–H and O–H groups in total. The number of amides is 1. The van der Waals surface area contributed by atoms with Gasteiger partial charge >= 0.3 is 5.24 Å². The Labute approximate surface area is 98.0 Å². The first-order chi connectivity index (χ1) is 7.70. The monoisotopic (exact) mass is 233 g/mol. The van der Waals surface area contributed by atoms with Gasteiger partial charge in [0.05, 0.1) is 0 Å². The molecule has 1 heterocycles. The quantitative estimate of drug-likeness (QED) is 0.754. The zero-order valence-corrected chi connectivity index (χ0v) is 9.71. The molecule has 0 aliphatic carbocycles. The summed E-state index contributed by atoms with van der Waals surface area (Å²) in [6, 6.07) is 7.46. The largest absolute Gasteiger partial charge is 0.305 e. The highest BCUT2D eigenvalue weighted by Gasteiger charge is 2.22. The zero-order valence-electron chi connectivity index (χ0n) is 8.90. The first-order valence-corrected chi connectivity index (χ1v) is 6.07. The van der Waals surface area contributed by atoms with Gasteiger partial charge in [-0.1, -0.05) is 36.9 Å². The number of rotatable bonds is 3. The number of nitrogens with zero attached hydrogens (tertiary/aromatic N) is 1. The molecule has 0 saturated heterocycles. The molecule has 1 amide bonds. The van der Waals surface area contributed by atoms with E-state index in [0.29, 0.717) is 17.0 Å². The topological polar surface area (TPSA) is 46.5 Å². The highest BCUT2D eigenvalue weighted by Crippen LogP contribution is 2.17. The van der Waals surface area contributed by atoms with E-state index >= 15 is 0 Å². The molecule has 2 rings (SSSR count). The number of hydrogen-bond donors (Lipinski definition) is 0. The van der Waals surface area contributed by atoms with Gasteiger partial charge in [-0.05, 0) is 18.1 Å². The molecule has 0 aromatic heterocycles. The van der Waals surface area contributed by atoms with E-state index in [1.54, 1.807) is 6.07 Å². The van der Waals surface area contributed by atoms with Crippen LogP contribution in [-0.4, -0.2) is 22.5 Å². The summed E-state index contributed by atoms with van der Waals surface area (Å²) < 4.78 is 0. The first kappa shape index (κ1) is 11.1. The molecule has 16 heavy (non-hydrogen) atoms. The van der Waals surface area contributed by atoms with E-state index < -0.39 is 0 Å². The van der Waals surface area contributed by atoms with E-state index in [4.69, 9.17) is 0 Å². The summed E-state index contributed by atoms with van der Waals surface area (Å²) in [5, 5.41) is -0.269. The number of benzene rings is 1. The number of aliphatic imine (C=N–C) groups is 1. The molecule has 0 fully saturated rings. The van der Waals surface area contributed by atoms with E-state index in [2.05, 4.69) is 4.99 Å². The smallest absolute Gasteiger partial charge is 0.287 e. The maximum atomic E-state index is 12.0. The number of ketones is 1. The van der Waals surface area contributed by atoms with Gasteiger partial charge in [-0.3, -0.25) is 9.59 Å². The molecule has 3 nitrogen and oxygen atoms in total. The molecule has 4 heteroatoms. The van der Waals surface area contributed by atoms with Crippen molar-refractivity contribution < 1.29 is 9.59 Å². The van der Waals surface area contributed by atoms with Crippen molar-refractivity contribution in [3.05, 3.63) is 35.4 Å². The van der Waals surface area contributed by atoms with E-state index in [9.17, 15) is 9.59 Å². The van der Waals surface area contributed by atoms with E-state index in [1.807, 2.05) is 25.1 Å². The van der Waals surface area contributed by atoms with Crippen molar-refractivity contribution in [3.8, 4) is 0 Å². The van der Waals surface area contributed by atoms with Crippen LogP contribution in [-0.2, 0) is 6.42 Å². The standard InChI is InChI=1S/C12H11NO2S/c1-2-8-4-3-5-9(6-8)11(14)10-7-16-12(15)13-10/h3-6H,2,7H2,1H3. The summed E-state index contributed by atoms with van der Waals surface area (Å²) in [5.74, 6) is 0.266. The van der Waals surface area contributed by atoms with Crippen LogP contribution in [0.15, 0.2) is 29.3 Å². The van der Waals surface area contributed by atoms with E-state index in [1.165, 1.54) is 0 Å². The lowest BCUT2D eigenvalue weighted by molar-refractivity contribution is 0.106. The number of thioether (sulfide) groups is 1.